The molecule has 2 heteroatoms. The largest absolute Gasteiger partial charge is 0.530 e. The molecular formula is C5H9ClMg. The van der Waals surface area contributed by atoms with Crippen molar-refractivity contribution >= 4 is 28.3 Å². The lowest BCUT2D eigenvalue weighted by molar-refractivity contribution is 0.960. The normalized spacial score (nSPS) is 9.43. The Kier molecular flexibility index (Phi) is 7.57. The molecule has 0 aliphatic heterocycles. The van der Waals surface area contributed by atoms with E-state index in [1.54, 1.807) is 0 Å². The van der Waals surface area contributed by atoms with E-state index in [-0.39, 0.29) is 19.3 Å². The second-order valence-corrected chi connectivity index (χ2v) is 3.12. The highest BCUT2D eigenvalue weighted by molar-refractivity contribution is 6.96. The SMILES string of the molecule is CCCC=[CH][Mg][Cl]. The van der Waals surface area contributed by atoms with Crippen LogP contribution in [0.1, 0.15) is 19.8 Å². The molecule has 0 aromatic rings. The fraction of sp³-hybridized carbons (Fsp3) is 0.600. The van der Waals surface area contributed by atoms with Gasteiger partial charge in [-0.15, -0.1) is 6.08 Å². The van der Waals surface area contributed by atoms with Crippen LogP contribution in [0.2, 0.25) is 0 Å². The zero-order chi connectivity index (χ0) is 5.54. The first-order chi connectivity index (χ1) is 3.41. The lowest BCUT2D eigenvalue weighted by atomic mass is 10.3. The standard InChI is InChI=1S/C5H9.ClH.Mg/c1-3-5-4-2;;/h1,3H,4-5H2,2H3;1H;/q;;+1/p-1. The van der Waals surface area contributed by atoms with Crippen LogP contribution in [0.5, 0.6) is 0 Å². The van der Waals surface area contributed by atoms with Crippen LogP contribution in [-0.2, 0) is 0 Å². The monoisotopic (exact) mass is 128 g/mol. The van der Waals surface area contributed by atoms with E-state index in [0.717, 1.165) is 0 Å². The summed E-state index contributed by atoms with van der Waals surface area (Å²) in [6.45, 7) is 2.17. The number of unbranched alkanes of at least 4 members (excludes halogenated alkanes) is 1. The minimum atomic E-state index is -0.315. The van der Waals surface area contributed by atoms with E-state index >= 15 is 0 Å². The van der Waals surface area contributed by atoms with Gasteiger partial charge in [-0.3, -0.25) is 0 Å². The second-order valence-electron chi connectivity index (χ2n) is 1.41. The fourth-order valence-corrected chi connectivity index (χ4v) is 1.09. The predicted octanol–water partition coefficient (Wildman–Crippen LogP) is 2.16. The van der Waals surface area contributed by atoms with E-state index in [2.05, 4.69) is 17.2 Å². The zero-order valence-corrected chi connectivity index (χ0v) is 6.82. The molecule has 0 N–H and O–H groups in total. The number of allylic oxidation sites excluding steroid dienone is 1. The third-order valence-corrected chi connectivity index (χ3v) is 1.76. The third-order valence-electron chi connectivity index (χ3n) is 0.711. The molecule has 0 nitrogen and oxygen atoms in total. The second kappa shape index (κ2) is 6.80. The van der Waals surface area contributed by atoms with E-state index in [1.165, 1.54) is 12.8 Å². The van der Waals surface area contributed by atoms with Crippen LogP contribution in [0.3, 0.4) is 0 Å². The van der Waals surface area contributed by atoms with E-state index in [9.17, 15) is 0 Å². The van der Waals surface area contributed by atoms with E-state index in [4.69, 9.17) is 9.07 Å². The molecule has 0 rings (SSSR count). The van der Waals surface area contributed by atoms with Crippen molar-refractivity contribution in [1.82, 2.24) is 0 Å². The van der Waals surface area contributed by atoms with Crippen molar-refractivity contribution in [3.8, 4) is 0 Å². The predicted molar refractivity (Wildman–Crippen MR) is 35.7 cm³/mol. The Balaban J connectivity index is 2.78. The van der Waals surface area contributed by atoms with Crippen molar-refractivity contribution < 1.29 is 0 Å². The summed E-state index contributed by atoms with van der Waals surface area (Å²) >= 11 is -0.315. The van der Waals surface area contributed by atoms with Crippen LogP contribution < -0.4 is 0 Å². The third kappa shape index (κ3) is 6.80. The van der Waals surface area contributed by atoms with Crippen molar-refractivity contribution in [1.29, 1.82) is 0 Å². The average Bonchev–Trinajstić information content (AvgIpc) is 1.69. The van der Waals surface area contributed by atoms with Crippen molar-refractivity contribution in [2.45, 2.75) is 19.8 Å². The molecule has 0 saturated carbocycles. The van der Waals surface area contributed by atoms with Crippen LogP contribution >= 0.6 is 9.07 Å². The van der Waals surface area contributed by atoms with Gasteiger partial charge in [-0.1, -0.05) is 13.3 Å². The van der Waals surface area contributed by atoms with Crippen LogP contribution in [0.25, 0.3) is 0 Å². The summed E-state index contributed by atoms with van der Waals surface area (Å²) in [6.07, 6.45) is 4.60. The van der Waals surface area contributed by atoms with Crippen LogP contribution in [0, 0.1) is 0 Å². The maximum absolute atomic E-state index is 5.49. The first-order valence-electron chi connectivity index (χ1n) is 2.62. The maximum atomic E-state index is 5.49. The lowest BCUT2D eigenvalue weighted by Crippen LogP contribution is -1.65. The molecule has 0 bridgehead atoms. The molecule has 38 valence electrons. The summed E-state index contributed by atoms with van der Waals surface area (Å²) in [5.41, 5.74) is 0. The molecule has 0 radical (unpaired) electrons. The first-order valence-corrected chi connectivity index (χ1v) is 5.58. The Hall–Kier alpha value is 0.796. The summed E-state index contributed by atoms with van der Waals surface area (Å²) in [5, 5.41) is 0. The average molecular weight is 129 g/mol. The van der Waals surface area contributed by atoms with E-state index in [0.29, 0.717) is 0 Å². The topological polar surface area (TPSA) is 0 Å². The molecule has 7 heavy (non-hydrogen) atoms. The molecule has 0 heterocycles. The molecular weight excluding hydrogens is 120 g/mol. The Morgan fingerprint density at radius 2 is 2.43 bits per heavy atom. The van der Waals surface area contributed by atoms with Crippen molar-refractivity contribution in [3.05, 3.63) is 10.3 Å². The van der Waals surface area contributed by atoms with Crippen molar-refractivity contribution in [3.63, 3.8) is 0 Å². The van der Waals surface area contributed by atoms with Crippen LogP contribution in [0.4, 0.5) is 0 Å². The number of hydrogen-bond acceptors (Lipinski definition) is 0. The van der Waals surface area contributed by atoms with Crippen LogP contribution in [0.15, 0.2) is 10.3 Å². The Morgan fingerprint density at radius 3 is 2.86 bits per heavy atom. The zero-order valence-electron chi connectivity index (χ0n) is 4.65. The van der Waals surface area contributed by atoms with Gasteiger partial charge < -0.3 is 9.07 Å². The molecule has 0 aromatic carbocycles. The number of rotatable bonds is 3. The molecule has 0 fully saturated rings. The lowest BCUT2D eigenvalue weighted by Gasteiger charge is -1.78. The number of hydrogen-bond donors (Lipinski definition) is 0. The molecule has 0 unspecified atom stereocenters. The van der Waals surface area contributed by atoms with Gasteiger partial charge in [0.05, 0.1) is 0 Å². The van der Waals surface area contributed by atoms with Gasteiger partial charge in [0.2, 0.25) is 0 Å². The first kappa shape index (κ1) is 7.80. The van der Waals surface area contributed by atoms with Crippen molar-refractivity contribution in [2.75, 3.05) is 0 Å². The molecule has 0 aliphatic rings. The van der Waals surface area contributed by atoms with Gasteiger partial charge in [0.15, 0.2) is 0 Å². The highest BCUT2D eigenvalue weighted by Crippen LogP contribution is 1.86. The summed E-state index contributed by atoms with van der Waals surface area (Å²) in [5.74, 6) is 0. The number of halogens is 1. The quantitative estimate of drug-likeness (QED) is 0.512. The maximum Gasteiger partial charge on any atom is 0.530 e. The Morgan fingerprint density at radius 1 is 1.71 bits per heavy atom. The summed E-state index contributed by atoms with van der Waals surface area (Å²) in [4.78, 5) is 0. The van der Waals surface area contributed by atoms with Gasteiger partial charge in [-0.05, 0) is 6.42 Å². The molecule has 0 amide bonds. The molecule has 0 saturated heterocycles. The van der Waals surface area contributed by atoms with Crippen molar-refractivity contribution in [2.24, 2.45) is 0 Å². The molecule has 0 atom stereocenters. The van der Waals surface area contributed by atoms with Gasteiger partial charge in [0, 0.05) is 0 Å². The Bertz CT molecular complexity index is 52.0. The summed E-state index contributed by atoms with van der Waals surface area (Å²) in [6, 6.07) is 0. The minimum Gasteiger partial charge on any atom is -0.336 e. The Labute approximate surface area is 58.4 Å². The van der Waals surface area contributed by atoms with Gasteiger partial charge >= 0.3 is 19.3 Å². The smallest absolute Gasteiger partial charge is 0.336 e. The molecule has 0 aromatic heterocycles. The summed E-state index contributed by atoms with van der Waals surface area (Å²) < 4.78 is 2.12. The van der Waals surface area contributed by atoms with Crippen LogP contribution in [-0.4, -0.2) is 19.3 Å². The van der Waals surface area contributed by atoms with E-state index < -0.39 is 0 Å². The molecule has 0 spiro atoms. The van der Waals surface area contributed by atoms with Gasteiger partial charge in [0.1, 0.15) is 0 Å². The highest BCUT2D eigenvalue weighted by Gasteiger charge is 1.75. The van der Waals surface area contributed by atoms with Gasteiger partial charge in [-0.25, -0.2) is 0 Å². The summed E-state index contributed by atoms with van der Waals surface area (Å²) in [7, 11) is 5.49. The highest BCUT2D eigenvalue weighted by atomic mass is 35.5. The molecule has 0 aliphatic carbocycles. The van der Waals surface area contributed by atoms with E-state index in [1.807, 2.05) is 0 Å². The van der Waals surface area contributed by atoms with Gasteiger partial charge in [-0.2, -0.15) is 4.21 Å². The van der Waals surface area contributed by atoms with Gasteiger partial charge in [0.25, 0.3) is 0 Å². The minimum absolute atomic E-state index is 0.315. The fourth-order valence-electron chi connectivity index (χ4n) is 0.348.